The quantitative estimate of drug-likeness (QED) is 0.686. The van der Waals surface area contributed by atoms with E-state index in [1.54, 1.807) is 0 Å². The van der Waals surface area contributed by atoms with E-state index in [4.69, 9.17) is 0 Å². The first-order valence-corrected chi connectivity index (χ1v) is 5.69. The Morgan fingerprint density at radius 3 is 2.20 bits per heavy atom. The van der Waals surface area contributed by atoms with Crippen molar-refractivity contribution in [3.63, 3.8) is 0 Å². The summed E-state index contributed by atoms with van der Waals surface area (Å²) in [6.45, 7) is 12.0. The lowest BCUT2D eigenvalue weighted by Gasteiger charge is -1.89. The summed E-state index contributed by atoms with van der Waals surface area (Å²) in [5, 5.41) is 1.19. The number of aryl methyl sites for hydroxylation is 2. The highest BCUT2D eigenvalue weighted by atomic mass is 14.9. The molecular weight excluding hydrogens is 184 g/mol. The van der Waals surface area contributed by atoms with Crippen LogP contribution in [0.5, 0.6) is 0 Å². The van der Waals surface area contributed by atoms with Gasteiger partial charge in [-0.2, -0.15) is 0 Å². The third-order valence-corrected chi connectivity index (χ3v) is 1.75. The monoisotopic (exact) mass is 206 g/mol. The van der Waals surface area contributed by atoms with Crippen molar-refractivity contribution in [2.45, 2.75) is 41.5 Å². The second-order valence-corrected chi connectivity index (χ2v) is 2.84. The third kappa shape index (κ3) is 3.74. The standard InChI is InChI=1S/C9H10N2.2C2H6/c1-6-3-4-8-5-7(2)11-9(8)10-6;2*1-2/h3-5H,1-2H3,(H,10,11);2*1-2H3. The van der Waals surface area contributed by atoms with Gasteiger partial charge in [0.25, 0.3) is 0 Å². The van der Waals surface area contributed by atoms with Crippen molar-refractivity contribution >= 4 is 11.0 Å². The Bertz CT molecular complexity index is 388. The molecule has 0 aliphatic heterocycles. The molecule has 2 heteroatoms. The summed E-state index contributed by atoms with van der Waals surface area (Å²) in [6.07, 6.45) is 0. The van der Waals surface area contributed by atoms with Gasteiger partial charge in [-0.1, -0.05) is 27.7 Å². The molecule has 15 heavy (non-hydrogen) atoms. The fourth-order valence-corrected chi connectivity index (χ4v) is 1.24. The van der Waals surface area contributed by atoms with Crippen LogP contribution in [0.25, 0.3) is 11.0 Å². The Morgan fingerprint density at radius 2 is 1.60 bits per heavy atom. The lowest BCUT2D eigenvalue weighted by Crippen LogP contribution is -1.79. The summed E-state index contributed by atoms with van der Waals surface area (Å²) in [5.74, 6) is 0. The summed E-state index contributed by atoms with van der Waals surface area (Å²) in [6, 6.07) is 6.21. The predicted molar refractivity (Wildman–Crippen MR) is 68.3 cm³/mol. The molecule has 0 aliphatic rings. The molecule has 0 atom stereocenters. The van der Waals surface area contributed by atoms with E-state index in [1.165, 1.54) is 5.39 Å². The van der Waals surface area contributed by atoms with Crippen molar-refractivity contribution in [2.75, 3.05) is 0 Å². The number of rotatable bonds is 0. The number of aromatic nitrogens is 2. The number of fused-ring (bicyclic) bond motifs is 1. The summed E-state index contributed by atoms with van der Waals surface area (Å²) < 4.78 is 0. The van der Waals surface area contributed by atoms with Crippen LogP contribution in [0.3, 0.4) is 0 Å². The number of hydrogen-bond acceptors (Lipinski definition) is 1. The highest BCUT2D eigenvalue weighted by Crippen LogP contribution is 2.12. The average Bonchev–Trinajstić information content (AvgIpc) is 2.63. The van der Waals surface area contributed by atoms with Crippen LogP contribution in [0, 0.1) is 13.8 Å². The van der Waals surface area contributed by atoms with Crippen LogP contribution < -0.4 is 0 Å². The minimum Gasteiger partial charge on any atom is -0.344 e. The molecule has 1 N–H and O–H groups in total. The molecule has 0 bridgehead atoms. The lowest BCUT2D eigenvalue weighted by molar-refractivity contribution is 1.20. The van der Waals surface area contributed by atoms with Gasteiger partial charge >= 0.3 is 0 Å². The molecule has 0 aliphatic carbocycles. The zero-order chi connectivity index (χ0) is 11.8. The second kappa shape index (κ2) is 7.04. The van der Waals surface area contributed by atoms with Crippen LogP contribution in [0.2, 0.25) is 0 Å². The van der Waals surface area contributed by atoms with Gasteiger partial charge in [0.05, 0.1) is 0 Å². The van der Waals surface area contributed by atoms with Gasteiger partial charge in [0.1, 0.15) is 5.65 Å². The van der Waals surface area contributed by atoms with E-state index in [0.717, 1.165) is 17.0 Å². The maximum absolute atomic E-state index is 4.34. The van der Waals surface area contributed by atoms with E-state index in [2.05, 4.69) is 22.1 Å². The Labute approximate surface area is 92.7 Å². The van der Waals surface area contributed by atoms with Crippen molar-refractivity contribution in [1.29, 1.82) is 0 Å². The van der Waals surface area contributed by atoms with Crippen LogP contribution in [0.4, 0.5) is 0 Å². The van der Waals surface area contributed by atoms with Crippen LogP contribution >= 0.6 is 0 Å². The minimum atomic E-state index is 0.988. The molecule has 2 aromatic heterocycles. The number of nitrogens with one attached hydrogen (secondary N) is 1. The van der Waals surface area contributed by atoms with Gasteiger partial charge in [-0.05, 0) is 32.0 Å². The third-order valence-electron chi connectivity index (χ3n) is 1.75. The summed E-state index contributed by atoms with van der Waals surface area (Å²) in [7, 11) is 0. The Hall–Kier alpha value is -1.31. The van der Waals surface area contributed by atoms with Gasteiger partial charge in [0, 0.05) is 16.8 Å². The molecule has 0 saturated carbocycles. The molecule has 0 fully saturated rings. The molecular formula is C13H22N2. The van der Waals surface area contributed by atoms with Crippen LogP contribution in [-0.4, -0.2) is 9.97 Å². The van der Waals surface area contributed by atoms with Gasteiger partial charge in [-0.25, -0.2) is 4.98 Å². The first kappa shape index (κ1) is 13.7. The van der Waals surface area contributed by atoms with Crippen molar-refractivity contribution in [3.8, 4) is 0 Å². The second-order valence-electron chi connectivity index (χ2n) is 2.84. The van der Waals surface area contributed by atoms with E-state index >= 15 is 0 Å². The van der Waals surface area contributed by atoms with E-state index in [9.17, 15) is 0 Å². The molecule has 2 aromatic rings. The Balaban J connectivity index is 0.000000442. The molecule has 0 unspecified atom stereocenters. The van der Waals surface area contributed by atoms with Crippen molar-refractivity contribution in [1.82, 2.24) is 9.97 Å². The van der Waals surface area contributed by atoms with Gasteiger partial charge < -0.3 is 4.98 Å². The normalized spacial score (nSPS) is 8.67. The Morgan fingerprint density at radius 1 is 1.00 bits per heavy atom. The lowest BCUT2D eigenvalue weighted by atomic mass is 10.3. The van der Waals surface area contributed by atoms with Crippen LogP contribution in [0.15, 0.2) is 18.2 Å². The van der Waals surface area contributed by atoms with E-state index in [-0.39, 0.29) is 0 Å². The summed E-state index contributed by atoms with van der Waals surface area (Å²) >= 11 is 0. The molecule has 0 saturated heterocycles. The smallest absolute Gasteiger partial charge is 0.137 e. The molecule has 0 radical (unpaired) electrons. The average molecular weight is 206 g/mol. The molecule has 2 nitrogen and oxygen atoms in total. The highest BCUT2D eigenvalue weighted by molar-refractivity contribution is 5.76. The molecule has 0 amide bonds. The number of pyridine rings is 1. The predicted octanol–water partition coefficient (Wildman–Crippen LogP) is 4.23. The molecule has 2 rings (SSSR count). The SMILES string of the molecule is CC.CC.Cc1ccc2cc(C)[nH]c2n1. The molecule has 0 spiro atoms. The summed E-state index contributed by atoms with van der Waals surface area (Å²) in [4.78, 5) is 7.53. The van der Waals surface area contributed by atoms with Crippen LogP contribution in [0.1, 0.15) is 39.1 Å². The van der Waals surface area contributed by atoms with Gasteiger partial charge in [0.2, 0.25) is 0 Å². The van der Waals surface area contributed by atoms with Gasteiger partial charge in [-0.3, -0.25) is 0 Å². The molecule has 0 aromatic carbocycles. The van der Waals surface area contributed by atoms with Crippen molar-refractivity contribution < 1.29 is 0 Å². The van der Waals surface area contributed by atoms with Crippen LogP contribution in [-0.2, 0) is 0 Å². The zero-order valence-corrected chi connectivity index (χ0v) is 10.7. The topological polar surface area (TPSA) is 28.7 Å². The zero-order valence-electron chi connectivity index (χ0n) is 10.7. The van der Waals surface area contributed by atoms with E-state index in [0.29, 0.717) is 0 Å². The molecule has 2 heterocycles. The number of aromatic amines is 1. The van der Waals surface area contributed by atoms with E-state index < -0.39 is 0 Å². The fourth-order valence-electron chi connectivity index (χ4n) is 1.24. The van der Waals surface area contributed by atoms with Gasteiger partial charge in [-0.15, -0.1) is 0 Å². The van der Waals surface area contributed by atoms with Crippen molar-refractivity contribution in [3.05, 3.63) is 29.6 Å². The highest BCUT2D eigenvalue weighted by Gasteiger charge is 1.96. The molecule has 84 valence electrons. The maximum atomic E-state index is 4.34. The number of nitrogens with zero attached hydrogens (tertiary/aromatic N) is 1. The first-order valence-electron chi connectivity index (χ1n) is 5.69. The van der Waals surface area contributed by atoms with E-state index in [1.807, 2.05) is 47.6 Å². The maximum Gasteiger partial charge on any atom is 0.137 e. The minimum absolute atomic E-state index is 0.988. The number of H-pyrrole nitrogens is 1. The first-order chi connectivity index (χ1) is 7.25. The Kier molecular flexibility index (Phi) is 6.43. The van der Waals surface area contributed by atoms with Crippen molar-refractivity contribution in [2.24, 2.45) is 0 Å². The number of hydrogen-bond donors (Lipinski definition) is 1. The summed E-state index contributed by atoms with van der Waals surface area (Å²) in [5.41, 5.74) is 3.21. The fraction of sp³-hybridized carbons (Fsp3) is 0.462. The van der Waals surface area contributed by atoms with Gasteiger partial charge in [0.15, 0.2) is 0 Å². The largest absolute Gasteiger partial charge is 0.344 e.